The van der Waals surface area contributed by atoms with Crippen molar-refractivity contribution in [2.24, 2.45) is 0 Å². The molecule has 1 atom stereocenters. The molecule has 2 rings (SSSR count). The van der Waals surface area contributed by atoms with Gasteiger partial charge >= 0.3 is 5.97 Å². The summed E-state index contributed by atoms with van der Waals surface area (Å²) in [4.78, 5) is 24.2. The molecule has 1 heterocycles. The van der Waals surface area contributed by atoms with Crippen LogP contribution in [0.4, 0.5) is 0 Å². The van der Waals surface area contributed by atoms with E-state index in [1.54, 1.807) is 0 Å². The Balaban J connectivity index is 2.17. The van der Waals surface area contributed by atoms with Crippen LogP contribution in [0.25, 0.3) is 0 Å². The summed E-state index contributed by atoms with van der Waals surface area (Å²) < 4.78 is 42.2. The van der Waals surface area contributed by atoms with E-state index in [1.807, 2.05) is 13.8 Å². The highest BCUT2D eigenvalue weighted by molar-refractivity contribution is 7.89. The van der Waals surface area contributed by atoms with Crippen LogP contribution in [0.3, 0.4) is 0 Å². The van der Waals surface area contributed by atoms with Gasteiger partial charge < -0.3 is 19.5 Å². The van der Waals surface area contributed by atoms with Gasteiger partial charge in [-0.2, -0.15) is 4.31 Å². The smallest absolute Gasteiger partial charge is 0.342 e. The van der Waals surface area contributed by atoms with Gasteiger partial charge in [0.15, 0.2) is 6.61 Å². The predicted octanol–water partition coefficient (Wildman–Crippen LogP) is 0.788. The lowest BCUT2D eigenvalue weighted by Crippen LogP contribution is -2.40. The maximum absolute atomic E-state index is 12.8. The Bertz CT molecular complexity index is 804. The number of sulfonamides is 1. The van der Waals surface area contributed by atoms with Crippen LogP contribution in [-0.2, 0) is 24.3 Å². The van der Waals surface area contributed by atoms with Gasteiger partial charge in [0.1, 0.15) is 11.3 Å². The molecule has 10 heteroatoms. The number of hydrogen-bond donors (Lipinski definition) is 1. The largest absolute Gasteiger partial charge is 0.496 e. The minimum absolute atomic E-state index is 0.0391. The van der Waals surface area contributed by atoms with Gasteiger partial charge in [-0.1, -0.05) is 6.92 Å². The highest BCUT2D eigenvalue weighted by atomic mass is 32.2. The second-order valence-corrected chi connectivity index (χ2v) is 8.27. The molecule has 1 saturated heterocycles. The number of carbonyl (C=O) groups excluding carboxylic acids is 2. The molecule has 1 aromatic carbocycles. The van der Waals surface area contributed by atoms with E-state index in [-0.39, 0.29) is 35.3 Å². The molecule has 1 aromatic rings. The molecule has 1 fully saturated rings. The van der Waals surface area contributed by atoms with Crippen LogP contribution in [0.5, 0.6) is 5.75 Å². The van der Waals surface area contributed by atoms with E-state index in [9.17, 15) is 18.0 Å². The zero-order valence-electron chi connectivity index (χ0n) is 16.3. The fraction of sp³-hybridized carbons (Fsp3) is 0.556. The summed E-state index contributed by atoms with van der Waals surface area (Å²) in [7, 11) is -2.42. The molecule has 0 unspecified atom stereocenters. The number of rotatable bonds is 8. The minimum Gasteiger partial charge on any atom is -0.496 e. The lowest BCUT2D eigenvalue weighted by Gasteiger charge is -2.26. The normalized spacial score (nSPS) is 16.2. The molecule has 0 spiro atoms. The molecule has 1 aliphatic heterocycles. The molecular formula is C18H26N2O7S. The lowest BCUT2D eigenvalue weighted by molar-refractivity contribution is -0.124. The Labute approximate surface area is 165 Å². The summed E-state index contributed by atoms with van der Waals surface area (Å²) in [5.41, 5.74) is -0.0619. The fourth-order valence-electron chi connectivity index (χ4n) is 2.57. The summed E-state index contributed by atoms with van der Waals surface area (Å²) in [6.45, 7) is 4.40. The fourth-order valence-corrected chi connectivity index (χ4v) is 4.01. The molecule has 0 aliphatic carbocycles. The van der Waals surface area contributed by atoms with Crippen LogP contribution < -0.4 is 10.1 Å². The Hall–Kier alpha value is -2.17. The summed E-state index contributed by atoms with van der Waals surface area (Å²) >= 11 is 0. The van der Waals surface area contributed by atoms with E-state index in [1.165, 1.54) is 29.6 Å². The van der Waals surface area contributed by atoms with Crippen molar-refractivity contribution >= 4 is 21.9 Å². The Morgan fingerprint density at radius 3 is 2.57 bits per heavy atom. The zero-order chi connectivity index (χ0) is 20.7. The number of amides is 1. The molecule has 0 saturated carbocycles. The first-order chi connectivity index (χ1) is 13.3. The number of nitrogens with zero attached hydrogens (tertiary/aromatic N) is 1. The van der Waals surface area contributed by atoms with Gasteiger partial charge in [0.2, 0.25) is 10.0 Å². The molecular weight excluding hydrogens is 388 g/mol. The average molecular weight is 414 g/mol. The van der Waals surface area contributed by atoms with Crippen LogP contribution in [-0.4, -0.2) is 70.7 Å². The van der Waals surface area contributed by atoms with E-state index in [0.717, 1.165) is 6.42 Å². The number of benzene rings is 1. The summed E-state index contributed by atoms with van der Waals surface area (Å²) in [5.74, 6) is -1.11. The van der Waals surface area contributed by atoms with Crippen molar-refractivity contribution in [3.8, 4) is 5.75 Å². The quantitative estimate of drug-likeness (QED) is 0.626. The standard InChI is InChI=1S/C18H26N2O7S/c1-4-13(2)19-17(21)12-27-18(22)15-11-14(5-6-16(15)25-3)28(23,24)20-7-9-26-10-8-20/h5-6,11,13H,4,7-10,12H2,1-3H3,(H,19,21)/t13-/m1/s1. The van der Waals surface area contributed by atoms with Gasteiger partial charge in [0, 0.05) is 19.1 Å². The van der Waals surface area contributed by atoms with Gasteiger partial charge in [-0.25, -0.2) is 13.2 Å². The third kappa shape index (κ3) is 5.43. The van der Waals surface area contributed by atoms with Crippen LogP contribution in [0, 0.1) is 0 Å². The first-order valence-electron chi connectivity index (χ1n) is 9.02. The van der Waals surface area contributed by atoms with Crippen molar-refractivity contribution in [3.05, 3.63) is 23.8 Å². The highest BCUT2D eigenvalue weighted by Crippen LogP contribution is 2.25. The van der Waals surface area contributed by atoms with Crippen molar-refractivity contribution in [2.45, 2.75) is 31.2 Å². The molecule has 9 nitrogen and oxygen atoms in total. The van der Waals surface area contributed by atoms with Crippen LogP contribution in [0.2, 0.25) is 0 Å². The third-order valence-corrected chi connectivity index (χ3v) is 6.25. The molecule has 1 amide bonds. The number of nitrogens with one attached hydrogen (secondary N) is 1. The van der Waals surface area contributed by atoms with Crippen LogP contribution >= 0.6 is 0 Å². The second-order valence-electron chi connectivity index (χ2n) is 6.33. The van der Waals surface area contributed by atoms with Crippen LogP contribution in [0.15, 0.2) is 23.1 Å². The van der Waals surface area contributed by atoms with Crippen molar-refractivity contribution in [3.63, 3.8) is 0 Å². The first kappa shape index (κ1) is 22.1. The van der Waals surface area contributed by atoms with Gasteiger partial charge in [0.05, 0.1) is 25.2 Å². The van der Waals surface area contributed by atoms with Gasteiger partial charge in [0.25, 0.3) is 5.91 Å². The lowest BCUT2D eigenvalue weighted by atomic mass is 10.2. The van der Waals surface area contributed by atoms with E-state index in [4.69, 9.17) is 14.2 Å². The Morgan fingerprint density at radius 2 is 1.96 bits per heavy atom. The van der Waals surface area contributed by atoms with E-state index in [0.29, 0.717) is 13.2 Å². The van der Waals surface area contributed by atoms with Crippen molar-refractivity contribution in [1.29, 1.82) is 0 Å². The number of esters is 1. The number of methoxy groups -OCH3 is 1. The van der Waals surface area contributed by atoms with Crippen molar-refractivity contribution in [1.82, 2.24) is 9.62 Å². The summed E-state index contributed by atoms with van der Waals surface area (Å²) in [6, 6.07) is 3.93. The number of morpholine rings is 1. The first-order valence-corrected chi connectivity index (χ1v) is 10.5. The van der Waals surface area contributed by atoms with Gasteiger partial charge in [-0.15, -0.1) is 0 Å². The maximum atomic E-state index is 12.8. The van der Waals surface area contributed by atoms with Crippen molar-refractivity contribution < 1.29 is 32.2 Å². The topological polar surface area (TPSA) is 111 Å². The average Bonchev–Trinajstić information content (AvgIpc) is 2.71. The predicted molar refractivity (Wildman–Crippen MR) is 101 cm³/mol. The third-order valence-electron chi connectivity index (χ3n) is 4.35. The molecule has 1 N–H and O–H groups in total. The van der Waals surface area contributed by atoms with E-state index >= 15 is 0 Å². The monoisotopic (exact) mass is 414 g/mol. The van der Waals surface area contributed by atoms with Gasteiger partial charge in [-0.05, 0) is 31.5 Å². The maximum Gasteiger partial charge on any atom is 0.342 e. The Kier molecular flexibility index (Phi) is 7.78. The number of ether oxygens (including phenoxy) is 3. The molecule has 156 valence electrons. The SMILES string of the molecule is CC[C@@H](C)NC(=O)COC(=O)c1cc(S(=O)(=O)N2CCOCC2)ccc1OC. The summed E-state index contributed by atoms with van der Waals surface area (Å²) in [6.07, 6.45) is 0.745. The van der Waals surface area contributed by atoms with Crippen LogP contribution in [0.1, 0.15) is 30.6 Å². The molecule has 1 aliphatic rings. The molecule has 28 heavy (non-hydrogen) atoms. The van der Waals surface area contributed by atoms with Gasteiger partial charge in [-0.3, -0.25) is 4.79 Å². The Morgan fingerprint density at radius 1 is 1.29 bits per heavy atom. The number of carbonyl (C=O) groups is 2. The molecule has 0 radical (unpaired) electrons. The highest BCUT2D eigenvalue weighted by Gasteiger charge is 2.28. The second kappa shape index (κ2) is 9.85. The van der Waals surface area contributed by atoms with E-state index in [2.05, 4.69) is 5.32 Å². The van der Waals surface area contributed by atoms with E-state index < -0.39 is 28.5 Å². The molecule has 0 bridgehead atoms. The number of hydrogen-bond acceptors (Lipinski definition) is 7. The minimum atomic E-state index is -3.78. The zero-order valence-corrected chi connectivity index (χ0v) is 17.1. The van der Waals surface area contributed by atoms with Crippen molar-refractivity contribution in [2.75, 3.05) is 40.0 Å². The molecule has 0 aromatic heterocycles. The summed E-state index contributed by atoms with van der Waals surface area (Å²) in [5, 5.41) is 2.68.